The van der Waals surface area contributed by atoms with E-state index in [2.05, 4.69) is 0 Å². The van der Waals surface area contributed by atoms with E-state index in [0.717, 1.165) is 20.6 Å². The largest absolute Gasteiger partial charge is 0.496 e. The molecule has 2 aromatic carbocycles. The maximum Gasteiger partial charge on any atom is 0.447 e. The Balaban J connectivity index is 1.81. The second kappa shape index (κ2) is 7.81. The molecule has 0 N–H and O–H groups in total. The number of hydrogen-bond donors (Lipinski definition) is 0. The van der Waals surface area contributed by atoms with Crippen molar-refractivity contribution in [2.45, 2.75) is 31.3 Å². The molecule has 0 saturated carbocycles. The number of thioether (sulfide) groups is 1. The molecule has 9 heteroatoms. The highest BCUT2D eigenvalue weighted by Gasteiger charge is 2.48. The summed E-state index contributed by atoms with van der Waals surface area (Å²) < 4.78 is 13.2. The molecule has 1 aliphatic rings. The van der Waals surface area contributed by atoms with Crippen LogP contribution in [0.15, 0.2) is 68.7 Å². The van der Waals surface area contributed by atoms with Crippen molar-refractivity contribution in [3.05, 3.63) is 81.2 Å². The lowest BCUT2D eigenvalue weighted by molar-refractivity contribution is 0.0861. The predicted octanol–water partition coefficient (Wildman–Crippen LogP) is 3.41. The third-order valence-corrected chi connectivity index (χ3v) is 6.64. The van der Waals surface area contributed by atoms with Crippen LogP contribution in [0.1, 0.15) is 25.6 Å². The van der Waals surface area contributed by atoms with E-state index in [1.54, 1.807) is 31.4 Å². The van der Waals surface area contributed by atoms with Crippen molar-refractivity contribution in [2.24, 2.45) is 0 Å². The summed E-state index contributed by atoms with van der Waals surface area (Å²) in [5, 5.41) is 0. The number of aromatic nitrogens is 2. The van der Waals surface area contributed by atoms with Gasteiger partial charge in [0.05, 0.1) is 24.1 Å². The summed E-state index contributed by atoms with van der Waals surface area (Å²) in [6.45, 7) is 4.36. The Bertz CT molecular complexity index is 1200. The summed E-state index contributed by atoms with van der Waals surface area (Å²) in [5.74, 6) is -0.00790. The van der Waals surface area contributed by atoms with Gasteiger partial charge in [-0.3, -0.25) is 0 Å². The van der Waals surface area contributed by atoms with E-state index in [1.807, 2.05) is 49.1 Å². The minimum atomic E-state index is -0.734. The van der Waals surface area contributed by atoms with Gasteiger partial charge in [0.1, 0.15) is 10.1 Å². The van der Waals surface area contributed by atoms with Gasteiger partial charge in [-0.25, -0.2) is 9.59 Å². The molecule has 2 heterocycles. The van der Waals surface area contributed by atoms with Crippen LogP contribution in [-0.4, -0.2) is 30.4 Å². The predicted molar refractivity (Wildman–Crippen MR) is 120 cm³/mol. The van der Waals surface area contributed by atoms with Crippen LogP contribution in [0.2, 0.25) is 0 Å². The van der Waals surface area contributed by atoms with Crippen molar-refractivity contribution < 1.29 is 9.26 Å². The first-order valence-corrected chi connectivity index (χ1v) is 10.6. The lowest BCUT2D eigenvalue weighted by Gasteiger charge is -2.30. The molecule has 1 atom stereocenters. The Morgan fingerprint density at radius 1 is 1.10 bits per heavy atom. The number of ether oxygens (including phenoxy) is 1. The quantitative estimate of drug-likeness (QED) is 0.560. The highest BCUT2D eigenvalue weighted by Crippen LogP contribution is 2.47. The van der Waals surface area contributed by atoms with Crippen molar-refractivity contribution in [1.29, 1.82) is 0 Å². The van der Waals surface area contributed by atoms with Crippen LogP contribution in [0.25, 0.3) is 5.69 Å². The zero-order valence-electron chi connectivity index (χ0n) is 16.8. The van der Waals surface area contributed by atoms with E-state index in [-0.39, 0.29) is 0 Å². The topological polar surface area (TPSA) is 69.6 Å². The van der Waals surface area contributed by atoms with Crippen molar-refractivity contribution in [1.82, 2.24) is 14.2 Å². The number of benzene rings is 2. The fraction of sp³-hybridized carbons (Fsp3) is 0.286. The standard InChI is InChI=1S/C21H21N3O4S2/c1-21(2)17(22(20(29)30-21)13-14-9-7-8-12-16(14)27-3)24-18(25)23(19(26)28-24)15-10-5-4-6-11-15/h4-12,17H,13H2,1-3H3/t17-/m0/s1. The average Bonchev–Trinajstić information content (AvgIpc) is 3.13. The number of rotatable bonds is 5. The maximum absolute atomic E-state index is 13.2. The van der Waals surface area contributed by atoms with Crippen LogP contribution in [-0.2, 0) is 6.54 Å². The zero-order valence-corrected chi connectivity index (χ0v) is 18.4. The summed E-state index contributed by atoms with van der Waals surface area (Å²) >= 11 is 7.10. The van der Waals surface area contributed by atoms with Crippen LogP contribution in [0, 0.1) is 0 Å². The van der Waals surface area contributed by atoms with Gasteiger partial charge in [-0.2, -0.15) is 4.57 Å². The molecule has 7 nitrogen and oxygen atoms in total. The van der Waals surface area contributed by atoms with E-state index >= 15 is 0 Å². The van der Waals surface area contributed by atoms with E-state index in [9.17, 15) is 9.59 Å². The third-order valence-electron chi connectivity index (χ3n) is 5.01. The summed E-state index contributed by atoms with van der Waals surface area (Å²) in [4.78, 5) is 27.7. The monoisotopic (exact) mass is 443 g/mol. The van der Waals surface area contributed by atoms with E-state index < -0.39 is 22.4 Å². The Morgan fingerprint density at radius 2 is 1.77 bits per heavy atom. The minimum Gasteiger partial charge on any atom is -0.496 e. The van der Waals surface area contributed by atoms with E-state index in [1.165, 1.54) is 11.8 Å². The second-order valence-corrected chi connectivity index (χ2v) is 9.71. The van der Waals surface area contributed by atoms with Crippen molar-refractivity contribution in [3.8, 4) is 11.4 Å². The van der Waals surface area contributed by atoms with Crippen LogP contribution < -0.4 is 16.2 Å². The van der Waals surface area contributed by atoms with Gasteiger partial charge in [0.25, 0.3) is 0 Å². The van der Waals surface area contributed by atoms with Gasteiger partial charge < -0.3 is 14.2 Å². The Kier molecular flexibility index (Phi) is 5.33. The number of thiocarbonyl (C=S) groups is 1. The van der Waals surface area contributed by atoms with Gasteiger partial charge >= 0.3 is 11.4 Å². The molecule has 1 saturated heterocycles. The molecule has 0 aliphatic carbocycles. The van der Waals surface area contributed by atoms with E-state index in [0.29, 0.717) is 16.6 Å². The second-order valence-electron chi connectivity index (χ2n) is 7.42. The Hall–Kier alpha value is -2.78. The minimum absolute atomic E-state index is 0.413. The molecule has 0 spiro atoms. The maximum atomic E-state index is 13.2. The van der Waals surface area contributed by atoms with Gasteiger partial charge in [-0.05, 0) is 32.0 Å². The summed E-state index contributed by atoms with van der Waals surface area (Å²) in [5.41, 5.74) is 0.834. The summed E-state index contributed by atoms with van der Waals surface area (Å²) in [7, 11) is 1.61. The van der Waals surface area contributed by atoms with Gasteiger partial charge in [0.15, 0.2) is 6.17 Å². The third kappa shape index (κ3) is 3.48. The fourth-order valence-electron chi connectivity index (χ4n) is 3.68. The van der Waals surface area contributed by atoms with Crippen LogP contribution in [0.5, 0.6) is 5.75 Å². The van der Waals surface area contributed by atoms with E-state index in [4.69, 9.17) is 21.5 Å². The molecule has 4 rings (SSSR count). The normalized spacial score (nSPS) is 18.0. The number of para-hydroxylation sites is 2. The first-order chi connectivity index (χ1) is 14.3. The summed E-state index contributed by atoms with van der Waals surface area (Å²) in [6, 6.07) is 16.4. The number of hydrogen-bond acceptors (Lipinski definition) is 6. The van der Waals surface area contributed by atoms with Crippen LogP contribution in [0.4, 0.5) is 0 Å². The van der Waals surface area contributed by atoms with Crippen molar-refractivity contribution >= 4 is 28.3 Å². The summed E-state index contributed by atoms with van der Waals surface area (Å²) in [6.07, 6.45) is -0.579. The number of methoxy groups -OCH3 is 1. The number of nitrogens with zero attached hydrogens (tertiary/aromatic N) is 3. The molecule has 156 valence electrons. The van der Waals surface area contributed by atoms with Crippen molar-refractivity contribution in [2.75, 3.05) is 7.11 Å². The van der Waals surface area contributed by atoms with Gasteiger partial charge in [-0.15, -0.1) is 4.74 Å². The molecule has 0 unspecified atom stereocenters. The molecule has 0 radical (unpaired) electrons. The van der Waals surface area contributed by atoms with Gasteiger partial charge in [-0.1, -0.05) is 60.4 Å². The van der Waals surface area contributed by atoms with Gasteiger partial charge in [0, 0.05) is 5.56 Å². The average molecular weight is 444 g/mol. The molecular weight excluding hydrogens is 422 g/mol. The molecule has 0 bridgehead atoms. The fourth-order valence-corrected chi connectivity index (χ4v) is 5.55. The van der Waals surface area contributed by atoms with Gasteiger partial charge in [0.2, 0.25) is 0 Å². The first-order valence-electron chi connectivity index (χ1n) is 9.35. The highest BCUT2D eigenvalue weighted by atomic mass is 32.2. The zero-order chi connectivity index (χ0) is 21.5. The smallest absolute Gasteiger partial charge is 0.447 e. The lowest BCUT2D eigenvalue weighted by atomic mass is 10.1. The lowest BCUT2D eigenvalue weighted by Crippen LogP contribution is -2.42. The molecular formula is C21H21N3O4S2. The Morgan fingerprint density at radius 3 is 2.47 bits per heavy atom. The Labute approximate surface area is 182 Å². The molecule has 30 heavy (non-hydrogen) atoms. The van der Waals surface area contributed by atoms with Crippen LogP contribution >= 0.6 is 24.0 Å². The highest BCUT2D eigenvalue weighted by molar-refractivity contribution is 8.24. The molecule has 1 aliphatic heterocycles. The molecule has 0 amide bonds. The molecule has 3 aromatic rings. The van der Waals surface area contributed by atoms with Crippen molar-refractivity contribution in [3.63, 3.8) is 0 Å². The molecule has 1 aromatic heterocycles. The first kappa shape index (κ1) is 20.5. The van der Waals surface area contributed by atoms with Crippen LogP contribution in [0.3, 0.4) is 0 Å². The SMILES string of the molecule is COc1ccccc1CN1C(=S)SC(C)(C)[C@@H]1n1oc(=O)n(-c2ccccc2)c1=O. The molecule has 1 fully saturated rings.